The summed E-state index contributed by atoms with van der Waals surface area (Å²) in [4.78, 5) is 19.5. The maximum Gasteiger partial charge on any atom is 0.210 e. The number of hydrogen-bond donors (Lipinski definition) is 0. The van der Waals surface area contributed by atoms with Crippen molar-refractivity contribution >= 4 is 12.2 Å². The molecule has 1 fully saturated rings. The van der Waals surface area contributed by atoms with Crippen LogP contribution in [-0.4, -0.2) is 36.4 Å². The number of aromatic nitrogens is 1. The van der Waals surface area contributed by atoms with Crippen molar-refractivity contribution in [2.45, 2.75) is 32.2 Å². The van der Waals surface area contributed by atoms with Crippen LogP contribution in [0.1, 0.15) is 37.8 Å². The van der Waals surface area contributed by atoms with Gasteiger partial charge in [0.1, 0.15) is 5.82 Å². The molecule has 1 aromatic heterocycles. The molecule has 1 aliphatic rings. The van der Waals surface area contributed by atoms with Gasteiger partial charge in [-0.05, 0) is 37.8 Å². The minimum atomic E-state index is 0.213. The third-order valence-electron chi connectivity index (χ3n) is 3.70. The quantitative estimate of drug-likeness (QED) is 0.765. The normalized spacial score (nSPS) is 19.7. The highest BCUT2D eigenvalue weighted by Gasteiger charge is 2.22. The molecule has 0 aromatic carbocycles. The van der Waals surface area contributed by atoms with E-state index >= 15 is 0 Å². The molecule has 4 heteroatoms. The van der Waals surface area contributed by atoms with E-state index in [0.717, 1.165) is 43.7 Å². The van der Waals surface area contributed by atoms with E-state index in [2.05, 4.69) is 22.9 Å². The maximum atomic E-state index is 11.1. The summed E-state index contributed by atoms with van der Waals surface area (Å²) in [5.41, 5.74) is 1.15. The monoisotopic (exact) mass is 247 g/mol. The molecule has 4 nitrogen and oxygen atoms in total. The van der Waals surface area contributed by atoms with Crippen molar-refractivity contribution in [3.63, 3.8) is 0 Å². The number of likely N-dealkylation sites (tertiary alicyclic amines) is 1. The molecule has 0 bridgehead atoms. The van der Waals surface area contributed by atoms with E-state index < -0.39 is 0 Å². The second kappa shape index (κ2) is 5.85. The standard InChI is InChI=1S/C14H21N3O/c1-3-16(2)14-8-7-12(10-15-14)13-6-4-5-9-17(13)11-18/h7-8,10-11,13H,3-6,9H2,1-2H3/t13-/m0/s1. The van der Waals surface area contributed by atoms with E-state index in [4.69, 9.17) is 0 Å². The van der Waals surface area contributed by atoms with Crippen molar-refractivity contribution in [3.8, 4) is 0 Å². The van der Waals surface area contributed by atoms with Gasteiger partial charge in [0.25, 0.3) is 0 Å². The Hall–Kier alpha value is -1.58. The van der Waals surface area contributed by atoms with Gasteiger partial charge in [-0.25, -0.2) is 4.98 Å². The number of carbonyl (C=O) groups excluding carboxylic acids is 1. The van der Waals surface area contributed by atoms with Crippen molar-refractivity contribution < 1.29 is 4.79 Å². The van der Waals surface area contributed by atoms with Crippen LogP contribution < -0.4 is 4.90 Å². The highest BCUT2D eigenvalue weighted by molar-refractivity contribution is 5.49. The first-order chi connectivity index (χ1) is 8.76. The van der Waals surface area contributed by atoms with Crippen molar-refractivity contribution in [1.82, 2.24) is 9.88 Å². The fourth-order valence-corrected chi connectivity index (χ4v) is 2.42. The minimum Gasteiger partial charge on any atom is -0.360 e. The van der Waals surface area contributed by atoms with E-state index in [1.165, 1.54) is 6.42 Å². The average Bonchev–Trinajstić information content (AvgIpc) is 2.46. The first-order valence-electron chi connectivity index (χ1n) is 6.64. The summed E-state index contributed by atoms with van der Waals surface area (Å²) in [6.07, 6.45) is 6.22. The predicted octanol–water partition coefficient (Wildman–Crippen LogP) is 2.22. The number of anilines is 1. The number of nitrogens with zero attached hydrogens (tertiary/aromatic N) is 3. The van der Waals surface area contributed by atoms with Crippen LogP contribution in [-0.2, 0) is 4.79 Å². The molecule has 1 saturated heterocycles. The molecule has 2 heterocycles. The van der Waals surface area contributed by atoms with Gasteiger partial charge in [-0.3, -0.25) is 4.79 Å². The van der Waals surface area contributed by atoms with E-state index in [1.54, 1.807) is 0 Å². The summed E-state index contributed by atoms with van der Waals surface area (Å²) in [6, 6.07) is 4.35. The van der Waals surface area contributed by atoms with Gasteiger partial charge in [-0.2, -0.15) is 0 Å². The number of rotatable bonds is 4. The van der Waals surface area contributed by atoms with Gasteiger partial charge in [0.05, 0.1) is 6.04 Å². The molecule has 0 unspecified atom stereocenters. The molecule has 2 rings (SSSR count). The Labute approximate surface area is 109 Å². The van der Waals surface area contributed by atoms with Crippen molar-refractivity contribution in [2.75, 3.05) is 25.0 Å². The lowest BCUT2D eigenvalue weighted by molar-refractivity contribution is -0.121. The molecule has 98 valence electrons. The lowest BCUT2D eigenvalue weighted by Gasteiger charge is -2.33. The molecule has 0 aliphatic carbocycles. The third kappa shape index (κ3) is 2.63. The summed E-state index contributed by atoms with van der Waals surface area (Å²) in [5, 5.41) is 0. The molecule has 1 aliphatic heterocycles. The van der Waals surface area contributed by atoms with E-state index in [9.17, 15) is 4.79 Å². The van der Waals surface area contributed by atoms with Gasteiger partial charge >= 0.3 is 0 Å². The number of pyridine rings is 1. The van der Waals surface area contributed by atoms with Gasteiger partial charge in [0, 0.05) is 26.3 Å². The fraction of sp³-hybridized carbons (Fsp3) is 0.571. The largest absolute Gasteiger partial charge is 0.360 e. The SMILES string of the molecule is CCN(C)c1ccc([C@@H]2CCCCN2C=O)cn1. The molecule has 1 atom stereocenters. The van der Waals surface area contributed by atoms with E-state index in [1.807, 2.05) is 24.2 Å². The van der Waals surface area contributed by atoms with Gasteiger partial charge in [0.2, 0.25) is 6.41 Å². The van der Waals surface area contributed by atoms with Crippen molar-refractivity contribution in [3.05, 3.63) is 23.9 Å². The van der Waals surface area contributed by atoms with Crippen LogP contribution in [0.15, 0.2) is 18.3 Å². The second-order valence-electron chi connectivity index (χ2n) is 4.82. The van der Waals surface area contributed by atoms with Gasteiger partial charge in [0.15, 0.2) is 0 Å². The molecule has 0 spiro atoms. The number of piperidine rings is 1. The molecule has 1 amide bonds. The second-order valence-corrected chi connectivity index (χ2v) is 4.82. The zero-order valence-corrected chi connectivity index (χ0v) is 11.2. The zero-order valence-electron chi connectivity index (χ0n) is 11.2. The summed E-state index contributed by atoms with van der Waals surface area (Å²) >= 11 is 0. The third-order valence-corrected chi connectivity index (χ3v) is 3.70. The smallest absolute Gasteiger partial charge is 0.210 e. The average molecular weight is 247 g/mol. The Kier molecular flexibility index (Phi) is 4.18. The summed E-state index contributed by atoms with van der Waals surface area (Å²) in [6.45, 7) is 3.91. The first-order valence-corrected chi connectivity index (χ1v) is 6.64. The molecule has 0 saturated carbocycles. The highest BCUT2D eigenvalue weighted by Crippen LogP contribution is 2.29. The summed E-state index contributed by atoms with van der Waals surface area (Å²) < 4.78 is 0. The number of hydrogen-bond acceptors (Lipinski definition) is 3. The van der Waals surface area contributed by atoms with Gasteiger partial charge < -0.3 is 9.80 Å². The van der Waals surface area contributed by atoms with Crippen LogP contribution in [0, 0.1) is 0 Å². The Morgan fingerprint density at radius 1 is 1.50 bits per heavy atom. The predicted molar refractivity (Wildman–Crippen MR) is 72.5 cm³/mol. The van der Waals surface area contributed by atoms with Crippen LogP contribution in [0.4, 0.5) is 5.82 Å². The molecule has 1 aromatic rings. The topological polar surface area (TPSA) is 36.4 Å². The van der Waals surface area contributed by atoms with Crippen molar-refractivity contribution in [2.24, 2.45) is 0 Å². The number of carbonyl (C=O) groups is 1. The lowest BCUT2D eigenvalue weighted by atomic mass is 9.97. The Bertz CT molecular complexity index is 391. The van der Waals surface area contributed by atoms with Crippen molar-refractivity contribution in [1.29, 1.82) is 0 Å². The molecule has 18 heavy (non-hydrogen) atoms. The minimum absolute atomic E-state index is 0.213. The lowest BCUT2D eigenvalue weighted by Crippen LogP contribution is -2.32. The van der Waals surface area contributed by atoms with Gasteiger partial charge in [-0.15, -0.1) is 0 Å². The zero-order chi connectivity index (χ0) is 13.0. The fourth-order valence-electron chi connectivity index (χ4n) is 2.42. The Morgan fingerprint density at radius 3 is 2.94 bits per heavy atom. The maximum absolute atomic E-state index is 11.1. The Morgan fingerprint density at radius 2 is 2.33 bits per heavy atom. The molecule has 0 N–H and O–H groups in total. The molecule has 0 radical (unpaired) electrons. The molecular weight excluding hydrogens is 226 g/mol. The molecular formula is C14H21N3O. The van der Waals surface area contributed by atoms with Crippen LogP contribution in [0.25, 0.3) is 0 Å². The highest BCUT2D eigenvalue weighted by atomic mass is 16.1. The first kappa shape index (κ1) is 12.9. The van der Waals surface area contributed by atoms with E-state index in [0.29, 0.717) is 0 Å². The summed E-state index contributed by atoms with van der Waals surface area (Å²) in [7, 11) is 2.03. The van der Waals surface area contributed by atoms with Crippen LogP contribution in [0.2, 0.25) is 0 Å². The van der Waals surface area contributed by atoms with E-state index in [-0.39, 0.29) is 6.04 Å². The Balaban J connectivity index is 2.15. The van der Waals surface area contributed by atoms with Crippen LogP contribution in [0.5, 0.6) is 0 Å². The summed E-state index contributed by atoms with van der Waals surface area (Å²) in [5.74, 6) is 0.981. The number of amides is 1. The van der Waals surface area contributed by atoms with Crippen LogP contribution in [0.3, 0.4) is 0 Å². The van der Waals surface area contributed by atoms with Gasteiger partial charge in [-0.1, -0.05) is 6.07 Å². The van der Waals surface area contributed by atoms with Crippen LogP contribution >= 0.6 is 0 Å².